The lowest BCUT2D eigenvalue weighted by Crippen LogP contribution is -2.19. The van der Waals surface area contributed by atoms with Crippen molar-refractivity contribution in [2.45, 2.75) is 40.5 Å². The van der Waals surface area contributed by atoms with Crippen LogP contribution in [0.3, 0.4) is 0 Å². The van der Waals surface area contributed by atoms with E-state index >= 15 is 0 Å². The largest absolute Gasteiger partial charge is 0.508 e. The van der Waals surface area contributed by atoms with Crippen LogP contribution in [0.1, 0.15) is 42.5 Å². The molecule has 0 amide bonds. The molecular formula is C17H22O3. The number of rotatable bonds is 3. The van der Waals surface area contributed by atoms with Crippen molar-refractivity contribution in [3.63, 3.8) is 0 Å². The molecule has 1 aliphatic carbocycles. The second-order valence-corrected chi connectivity index (χ2v) is 5.42. The molecule has 0 saturated heterocycles. The normalized spacial score (nSPS) is 15.3. The zero-order chi connectivity index (χ0) is 14.9. The Morgan fingerprint density at radius 2 is 2.10 bits per heavy atom. The fourth-order valence-electron chi connectivity index (χ4n) is 2.79. The molecular weight excluding hydrogens is 252 g/mol. The fourth-order valence-corrected chi connectivity index (χ4v) is 2.79. The van der Waals surface area contributed by atoms with Gasteiger partial charge in [-0.25, -0.2) is 0 Å². The van der Waals surface area contributed by atoms with Crippen LogP contribution in [0, 0.1) is 19.8 Å². The summed E-state index contributed by atoms with van der Waals surface area (Å²) in [4.78, 5) is 11.9. The minimum absolute atomic E-state index is 0.170. The van der Waals surface area contributed by atoms with Crippen LogP contribution in [-0.4, -0.2) is 17.7 Å². The van der Waals surface area contributed by atoms with Crippen molar-refractivity contribution in [1.29, 1.82) is 0 Å². The third-order valence-electron chi connectivity index (χ3n) is 4.13. The summed E-state index contributed by atoms with van der Waals surface area (Å²) in [6, 6.07) is 1.82. The van der Waals surface area contributed by atoms with E-state index in [1.165, 1.54) is 5.56 Å². The van der Waals surface area contributed by atoms with Gasteiger partial charge in [0.15, 0.2) is 0 Å². The monoisotopic (exact) mass is 274 g/mol. The van der Waals surface area contributed by atoms with E-state index in [0.717, 1.165) is 35.1 Å². The Labute approximate surface area is 120 Å². The highest BCUT2D eigenvalue weighted by molar-refractivity contribution is 5.79. The average Bonchev–Trinajstić information content (AvgIpc) is 2.43. The number of fused-ring (bicyclic) bond motifs is 1. The summed E-state index contributed by atoms with van der Waals surface area (Å²) >= 11 is 0. The SMILES string of the molecule is CCOC(=O)[C@H](C)C1=Cc2c(C)c(O)cc(C)c2CC1. The Morgan fingerprint density at radius 1 is 1.40 bits per heavy atom. The molecule has 1 atom stereocenters. The van der Waals surface area contributed by atoms with Crippen molar-refractivity contribution in [3.8, 4) is 5.75 Å². The van der Waals surface area contributed by atoms with Crippen LogP contribution in [0.5, 0.6) is 5.75 Å². The lowest BCUT2D eigenvalue weighted by Gasteiger charge is -2.23. The number of hydrogen-bond acceptors (Lipinski definition) is 3. The van der Waals surface area contributed by atoms with Crippen LogP contribution in [0.4, 0.5) is 0 Å². The van der Waals surface area contributed by atoms with Gasteiger partial charge in [0.25, 0.3) is 0 Å². The lowest BCUT2D eigenvalue weighted by molar-refractivity contribution is -0.146. The maximum Gasteiger partial charge on any atom is 0.312 e. The van der Waals surface area contributed by atoms with Gasteiger partial charge < -0.3 is 9.84 Å². The third-order valence-corrected chi connectivity index (χ3v) is 4.13. The highest BCUT2D eigenvalue weighted by Crippen LogP contribution is 2.36. The van der Waals surface area contributed by atoms with Gasteiger partial charge in [-0.3, -0.25) is 4.79 Å². The minimum atomic E-state index is -0.217. The van der Waals surface area contributed by atoms with E-state index in [1.807, 2.05) is 33.8 Å². The molecule has 0 aromatic heterocycles. The van der Waals surface area contributed by atoms with E-state index in [2.05, 4.69) is 6.08 Å². The molecule has 1 aromatic rings. The lowest BCUT2D eigenvalue weighted by atomic mass is 9.82. The molecule has 0 unspecified atom stereocenters. The third kappa shape index (κ3) is 2.58. The molecule has 0 spiro atoms. The van der Waals surface area contributed by atoms with Gasteiger partial charge in [0.2, 0.25) is 0 Å². The fraction of sp³-hybridized carbons (Fsp3) is 0.471. The first-order chi connectivity index (χ1) is 9.45. The minimum Gasteiger partial charge on any atom is -0.508 e. The van der Waals surface area contributed by atoms with E-state index < -0.39 is 0 Å². The summed E-state index contributed by atoms with van der Waals surface area (Å²) < 4.78 is 5.09. The van der Waals surface area contributed by atoms with Crippen LogP contribution in [0.2, 0.25) is 0 Å². The van der Waals surface area contributed by atoms with Crippen LogP contribution in [0.15, 0.2) is 11.6 Å². The number of benzene rings is 1. The van der Waals surface area contributed by atoms with Gasteiger partial charge in [-0.15, -0.1) is 0 Å². The van der Waals surface area contributed by atoms with E-state index in [1.54, 1.807) is 0 Å². The Balaban J connectivity index is 2.40. The van der Waals surface area contributed by atoms with Gasteiger partial charge in [0, 0.05) is 0 Å². The highest BCUT2D eigenvalue weighted by atomic mass is 16.5. The van der Waals surface area contributed by atoms with Gasteiger partial charge >= 0.3 is 5.97 Å². The molecule has 1 aromatic carbocycles. The van der Waals surface area contributed by atoms with E-state index in [4.69, 9.17) is 4.74 Å². The molecule has 0 fully saturated rings. The van der Waals surface area contributed by atoms with E-state index in [0.29, 0.717) is 12.4 Å². The van der Waals surface area contributed by atoms with Crippen LogP contribution >= 0.6 is 0 Å². The number of esters is 1. The molecule has 1 aliphatic rings. The summed E-state index contributed by atoms with van der Waals surface area (Å²) in [7, 11) is 0. The van der Waals surface area contributed by atoms with E-state index in [-0.39, 0.29) is 11.9 Å². The number of ether oxygens (including phenoxy) is 1. The Bertz CT molecular complexity index is 570. The molecule has 0 aliphatic heterocycles. The van der Waals surface area contributed by atoms with Crippen molar-refractivity contribution in [3.05, 3.63) is 33.9 Å². The maximum absolute atomic E-state index is 11.9. The summed E-state index contributed by atoms with van der Waals surface area (Å²) in [6.45, 7) is 8.06. The van der Waals surface area contributed by atoms with Gasteiger partial charge in [0.1, 0.15) is 5.75 Å². The molecule has 0 bridgehead atoms. The van der Waals surface area contributed by atoms with Gasteiger partial charge in [-0.05, 0) is 68.9 Å². The maximum atomic E-state index is 11.9. The number of phenols is 1. The Hall–Kier alpha value is -1.77. The molecule has 0 heterocycles. The van der Waals surface area contributed by atoms with Gasteiger partial charge in [0.05, 0.1) is 12.5 Å². The summed E-state index contributed by atoms with van der Waals surface area (Å²) in [5.41, 5.74) is 5.44. The van der Waals surface area contributed by atoms with Gasteiger partial charge in [-0.1, -0.05) is 11.6 Å². The van der Waals surface area contributed by atoms with Crippen molar-refractivity contribution in [2.24, 2.45) is 5.92 Å². The number of phenolic OH excluding ortho intramolecular Hbond substituents is 1. The first-order valence-electron chi connectivity index (χ1n) is 7.14. The standard InChI is InChI=1S/C17H22O3/c1-5-20-17(19)11(3)13-6-7-14-10(2)8-16(18)12(4)15(14)9-13/h8-9,11,18H,5-7H2,1-4H3/t11-/m1/s1. The zero-order valence-electron chi connectivity index (χ0n) is 12.6. The summed E-state index contributed by atoms with van der Waals surface area (Å²) in [5, 5.41) is 9.95. The van der Waals surface area contributed by atoms with Crippen molar-refractivity contribution in [2.75, 3.05) is 6.61 Å². The number of carbonyl (C=O) groups excluding carboxylic acids is 1. The molecule has 0 saturated carbocycles. The first kappa shape index (κ1) is 14.6. The number of hydrogen-bond donors (Lipinski definition) is 1. The Kier molecular flexibility index (Phi) is 4.17. The number of aryl methyl sites for hydroxylation is 1. The predicted molar refractivity (Wildman–Crippen MR) is 79.7 cm³/mol. The quantitative estimate of drug-likeness (QED) is 0.858. The summed E-state index contributed by atoms with van der Waals surface area (Å²) in [6.07, 6.45) is 3.85. The first-order valence-corrected chi connectivity index (χ1v) is 7.14. The second-order valence-electron chi connectivity index (χ2n) is 5.42. The van der Waals surface area contributed by atoms with Crippen LogP contribution in [0.25, 0.3) is 6.08 Å². The topological polar surface area (TPSA) is 46.5 Å². The number of carbonyl (C=O) groups is 1. The van der Waals surface area contributed by atoms with E-state index in [9.17, 15) is 9.90 Å². The smallest absolute Gasteiger partial charge is 0.312 e. The molecule has 108 valence electrons. The summed E-state index contributed by atoms with van der Waals surface area (Å²) in [5.74, 6) is -0.0654. The molecule has 1 N–H and O–H groups in total. The van der Waals surface area contributed by atoms with Crippen molar-refractivity contribution < 1.29 is 14.6 Å². The average molecular weight is 274 g/mol. The molecule has 20 heavy (non-hydrogen) atoms. The predicted octanol–water partition coefficient (Wildman–Crippen LogP) is 3.54. The molecule has 3 nitrogen and oxygen atoms in total. The van der Waals surface area contributed by atoms with Crippen molar-refractivity contribution in [1.82, 2.24) is 0 Å². The number of aromatic hydroxyl groups is 1. The van der Waals surface area contributed by atoms with Crippen molar-refractivity contribution >= 4 is 12.0 Å². The van der Waals surface area contributed by atoms with Crippen LogP contribution in [-0.2, 0) is 16.0 Å². The highest BCUT2D eigenvalue weighted by Gasteiger charge is 2.24. The zero-order valence-corrected chi connectivity index (χ0v) is 12.6. The van der Waals surface area contributed by atoms with Gasteiger partial charge in [-0.2, -0.15) is 0 Å². The molecule has 3 heteroatoms. The molecule has 0 radical (unpaired) electrons. The molecule has 2 rings (SSSR count). The second kappa shape index (κ2) is 5.70. The Morgan fingerprint density at radius 3 is 2.75 bits per heavy atom. The van der Waals surface area contributed by atoms with Crippen LogP contribution < -0.4 is 0 Å².